The van der Waals surface area contributed by atoms with Crippen LogP contribution in [-0.2, 0) is 0 Å². The van der Waals surface area contributed by atoms with Crippen LogP contribution in [0, 0.1) is 21.4 Å². The van der Waals surface area contributed by atoms with E-state index in [0.29, 0.717) is 11.3 Å². The van der Waals surface area contributed by atoms with Gasteiger partial charge < -0.3 is 4.74 Å². The first-order valence-electron chi connectivity index (χ1n) is 5.49. The predicted molar refractivity (Wildman–Crippen MR) is 69.8 cm³/mol. The van der Waals surface area contributed by atoms with E-state index >= 15 is 0 Å². The molecule has 0 aromatic heterocycles. The first kappa shape index (κ1) is 12.6. The van der Waals surface area contributed by atoms with E-state index in [1.54, 1.807) is 18.2 Å². The second kappa shape index (κ2) is 5.19. The molecule has 0 spiro atoms. The molecular weight excluding hydrogens is 244 g/mol. The maximum atomic E-state index is 11.0. The molecule has 0 aliphatic rings. The number of rotatable bonds is 3. The van der Waals surface area contributed by atoms with E-state index in [9.17, 15) is 15.4 Å². The van der Waals surface area contributed by atoms with Gasteiger partial charge in [0, 0.05) is 5.56 Å². The molecule has 0 heterocycles. The maximum Gasteiger partial charge on any atom is 0.291 e. The van der Waals surface area contributed by atoms with Gasteiger partial charge in [-0.1, -0.05) is 30.3 Å². The Morgan fingerprint density at radius 1 is 1.26 bits per heavy atom. The minimum absolute atomic E-state index is 0.0389. The molecule has 0 saturated heterocycles. The van der Waals surface area contributed by atoms with E-state index < -0.39 is 4.92 Å². The van der Waals surface area contributed by atoms with Crippen molar-refractivity contribution in [2.24, 2.45) is 0 Å². The number of nitriles is 1. The monoisotopic (exact) mass is 254 g/mol. The molecule has 2 aromatic carbocycles. The summed E-state index contributed by atoms with van der Waals surface area (Å²) in [7, 11) is 1.43. The summed E-state index contributed by atoms with van der Waals surface area (Å²) in [5, 5.41) is 20.2. The molecule has 94 valence electrons. The topological polar surface area (TPSA) is 76.2 Å². The van der Waals surface area contributed by atoms with Gasteiger partial charge in [0.15, 0.2) is 0 Å². The van der Waals surface area contributed by atoms with Gasteiger partial charge in [0.25, 0.3) is 5.69 Å². The number of nitrogens with zero attached hydrogens (tertiary/aromatic N) is 2. The van der Waals surface area contributed by atoms with Crippen LogP contribution in [0.25, 0.3) is 11.1 Å². The highest BCUT2D eigenvalue weighted by Gasteiger charge is 2.20. The van der Waals surface area contributed by atoms with Crippen molar-refractivity contribution in [3.05, 3.63) is 58.1 Å². The molecule has 0 N–H and O–H groups in total. The summed E-state index contributed by atoms with van der Waals surface area (Å²) in [4.78, 5) is 10.5. The lowest BCUT2D eigenvalue weighted by molar-refractivity contribution is -0.385. The van der Waals surface area contributed by atoms with Gasteiger partial charge in [-0.3, -0.25) is 10.1 Å². The highest BCUT2D eigenvalue weighted by atomic mass is 16.6. The summed E-state index contributed by atoms with van der Waals surface area (Å²) < 4.78 is 5.05. The van der Waals surface area contributed by atoms with Gasteiger partial charge in [0.05, 0.1) is 18.1 Å². The Balaban J connectivity index is 2.76. The van der Waals surface area contributed by atoms with Gasteiger partial charge in [0.2, 0.25) is 0 Å². The number of ether oxygens (including phenoxy) is 1. The third kappa shape index (κ3) is 2.38. The number of methoxy groups -OCH3 is 1. The molecule has 2 aromatic rings. The number of nitro benzene ring substituents is 1. The quantitative estimate of drug-likeness (QED) is 0.622. The van der Waals surface area contributed by atoms with E-state index in [2.05, 4.69) is 0 Å². The van der Waals surface area contributed by atoms with Crippen LogP contribution in [0.5, 0.6) is 5.75 Å². The highest BCUT2D eigenvalue weighted by molar-refractivity contribution is 5.77. The zero-order valence-electron chi connectivity index (χ0n) is 10.2. The normalized spacial score (nSPS) is 9.68. The molecule has 0 aliphatic carbocycles. The third-order valence-electron chi connectivity index (χ3n) is 2.72. The SMILES string of the molecule is COc1cc(-c2ccccc2)c(C#N)c([N+](=O)[O-])c1. The Morgan fingerprint density at radius 3 is 2.47 bits per heavy atom. The molecule has 2 rings (SSSR count). The smallest absolute Gasteiger partial charge is 0.291 e. The second-order valence-electron chi connectivity index (χ2n) is 3.80. The van der Waals surface area contributed by atoms with Crippen LogP contribution >= 0.6 is 0 Å². The summed E-state index contributed by atoms with van der Waals surface area (Å²) in [6.07, 6.45) is 0. The number of nitro groups is 1. The first-order valence-corrected chi connectivity index (χ1v) is 5.49. The molecule has 0 fully saturated rings. The summed E-state index contributed by atoms with van der Waals surface area (Å²) in [6, 6.07) is 13.8. The van der Waals surface area contributed by atoms with Crippen molar-refractivity contribution in [3.63, 3.8) is 0 Å². The molecule has 19 heavy (non-hydrogen) atoms. The number of hydrogen-bond donors (Lipinski definition) is 0. The van der Waals surface area contributed by atoms with Gasteiger partial charge in [0.1, 0.15) is 17.4 Å². The minimum atomic E-state index is -0.576. The number of benzene rings is 2. The van der Waals surface area contributed by atoms with E-state index in [-0.39, 0.29) is 11.3 Å². The molecule has 5 nitrogen and oxygen atoms in total. The van der Waals surface area contributed by atoms with E-state index in [0.717, 1.165) is 5.56 Å². The largest absolute Gasteiger partial charge is 0.496 e. The predicted octanol–water partition coefficient (Wildman–Crippen LogP) is 3.14. The van der Waals surface area contributed by atoms with Gasteiger partial charge in [-0.05, 0) is 11.6 Å². The lowest BCUT2D eigenvalue weighted by Gasteiger charge is -2.08. The summed E-state index contributed by atoms with van der Waals surface area (Å²) >= 11 is 0. The zero-order valence-corrected chi connectivity index (χ0v) is 10.2. The van der Waals surface area contributed by atoms with Crippen molar-refractivity contribution in [2.45, 2.75) is 0 Å². The minimum Gasteiger partial charge on any atom is -0.496 e. The van der Waals surface area contributed by atoms with Crippen molar-refractivity contribution >= 4 is 5.69 Å². The molecule has 0 unspecified atom stereocenters. The fourth-order valence-corrected chi connectivity index (χ4v) is 1.83. The van der Waals surface area contributed by atoms with E-state index in [1.165, 1.54) is 13.2 Å². The highest BCUT2D eigenvalue weighted by Crippen LogP contribution is 2.34. The van der Waals surface area contributed by atoms with Crippen molar-refractivity contribution in [3.8, 4) is 22.9 Å². The van der Waals surface area contributed by atoms with Crippen LogP contribution in [0.1, 0.15) is 5.56 Å². The molecule has 0 atom stereocenters. The summed E-state index contributed by atoms with van der Waals surface area (Å²) in [5.41, 5.74) is 1.02. The Hall–Kier alpha value is -2.87. The van der Waals surface area contributed by atoms with Crippen LogP contribution in [0.2, 0.25) is 0 Å². The summed E-state index contributed by atoms with van der Waals surface area (Å²) in [6.45, 7) is 0. The Labute approximate surface area is 109 Å². The van der Waals surface area contributed by atoms with Gasteiger partial charge in [-0.2, -0.15) is 5.26 Å². The van der Waals surface area contributed by atoms with E-state index in [4.69, 9.17) is 4.74 Å². The average Bonchev–Trinajstić information content (AvgIpc) is 2.46. The molecule has 0 aliphatic heterocycles. The Morgan fingerprint density at radius 2 is 1.95 bits per heavy atom. The van der Waals surface area contributed by atoms with Gasteiger partial charge in [-0.25, -0.2) is 0 Å². The molecule has 0 bridgehead atoms. The van der Waals surface area contributed by atoms with E-state index in [1.807, 2.05) is 24.3 Å². The van der Waals surface area contributed by atoms with Crippen LogP contribution in [-0.4, -0.2) is 12.0 Å². The first-order chi connectivity index (χ1) is 9.17. The number of hydrogen-bond acceptors (Lipinski definition) is 4. The molecular formula is C14H10N2O3. The van der Waals surface area contributed by atoms with Crippen LogP contribution in [0.3, 0.4) is 0 Å². The second-order valence-corrected chi connectivity index (χ2v) is 3.80. The molecule has 0 saturated carbocycles. The fraction of sp³-hybridized carbons (Fsp3) is 0.0714. The van der Waals surface area contributed by atoms with Crippen molar-refractivity contribution < 1.29 is 9.66 Å². The fourth-order valence-electron chi connectivity index (χ4n) is 1.83. The van der Waals surface area contributed by atoms with Gasteiger partial charge >= 0.3 is 0 Å². The average molecular weight is 254 g/mol. The van der Waals surface area contributed by atoms with Crippen molar-refractivity contribution in [1.82, 2.24) is 0 Å². The van der Waals surface area contributed by atoms with Crippen LogP contribution in [0.4, 0.5) is 5.69 Å². The maximum absolute atomic E-state index is 11.0. The molecule has 0 amide bonds. The van der Waals surface area contributed by atoms with Crippen LogP contribution in [0.15, 0.2) is 42.5 Å². The zero-order chi connectivity index (χ0) is 13.8. The third-order valence-corrected chi connectivity index (χ3v) is 2.72. The lowest BCUT2D eigenvalue weighted by atomic mass is 9.98. The molecule has 0 radical (unpaired) electrons. The Bertz CT molecular complexity index is 660. The Kier molecular flexibility index (Phi) is 3.44. The molecule has 5 heteroatoms. The lowest BCUT2D eigenvalue weighted by Crippen LogP contribution is -1.97. The van der Waals surface area contributed by atoms with Gasteiger partial charge in [-0.15, -0.1) is 0 Å². The van der Waals surface area contributed by atoms with Crippen LogP contribution < -0.4 is 4.74 Å². The standard InChI is InChI=1S/C14H10N2O3/c1-19-11-7-12(10-5-3-2-4-6-10)13(9-15)14(8-11)16(17)18/h2-8H,1H3. The summed E-state index contributed by atoms with van der Waals surface area (Å²) in [5.74, 6) is 0.351. The van der Waals surface area contributed by atoms with Crippen molar-refractivity contribution in [1.29, 1.82) is 5.26 Å². The van der Waals surface area contributed by atoms with Crippen molar-refractivity contribution in [2.75, 3.05) is 7.11 Å².